The molecule has 2 saturated heterocycles. The Kier molecular flexibility index (Phi) is 17.5. The number of nitrogens with one attached hydrogen (secondary N) is 2. The van der Waals surface area contributed by atoms with Crippen LogP contribution in [0.3, 0.4) is 0 Å². The lowest BCUT2D eigenvalue weighted by Gasteiger charge is -2.44. The Morgan fingerprint density at radius 3 is 2.14 bits per heavy atom. The molecule has 2 aliphatic rings. The molecule has 43 heavy (non-hydrogen) atoms. The van der Waals surface area contributed by atoms with E-state index in [0.717, 1.165) is 25.7 Å². The molecule has 2 N–H and O–H groups in total. The van der Waals surface area contributed by atoms with Gasteiger partial charge in [0.15, 0.2) is 5.79 Å². The van der Waals surface area contributed by atoms with Gasteiger partial charge in [0.05, 0.1) is 6.61 Å². The summed E-state index contributed by atoms with van der Waals surface area (Å²) in [5.74, 6) is -0.937. The van der Waals surface area contributed by atoms with Gasteiger partial charge < -0.3 is 25.0 Å². The lowest BCUT2D eigenvalue weighted by Crippen LogP contribution is -2.56. The van der Waals surface area contributed by atoms with Crippen molar-refractivity contribution in [3.63, 3.8) is 0 Å². The zero-order valence-corrected chi connectivity index (χ0v) is 28.1. The lowest BCUT2D eigenvalue weighted by atomic mass is 9.85. The van der Waals surface area contributed by atoms with Gasteiger partial charge in [-0.1, -0.05) is 84.3 Å². The third-order valence-corrected chi connectivity index (χ3v) is 8.68. The van der Waals surface area contributed by atoms with Crippen LogP contribution in [0.4, 0.5) is 0 Å². The highest BCUT2D eigenvalue weighted by Crippen LogP contribution is 2.34. The van der Waals surface area contributed by atoms with Crippen molar-refractivity contribution in [2.24, 2.45) is 5.41 Å². The van der Waals surface area contributed by atoms with Crippen LogP contribution in [0.5, 0.6) is 0 Å². The van der Waals surface area contributed by atoms with Crippen molar-refractivity contribution in [2.75, 3.05) is 26.2 Å². The molecule has 0 aromatic heterocycles. The molecule has 0 aromatic carbocycles. The molecule has 2 atom stereocenters. The molecule has 0 saturated carbocycles. The molecule has 0 spiro atoms. The van der Waals surface area contributed by atoms with Gasteiger partial charge in [0, 0.05) is 43.9 Å². The van der Waals surface area contributed by atoms with Crippen molar-refractivity contribution in [3.05, 3.63) is 12.2 Å². The summed E-state index contributed by atoms with van der Waals surface area (Å²) in [5.41, 5.74) is -0.452. The highest BCUT2D eigenvalue weighted by atomic mass is 16.7. The molecular formula is C35H63N3O5. The van der Waals surface area contributed by atoms with E-state index in [1.807, 2.05) is 18.7 Å². The third kappa shape index (κ3) is 15.1. The van der Waals surface area contributed by atoms with Gasteiger partial charge in [-0.15, -0.1) is 0 Å². The van der Waals surface area contributed by atoms with Crippen molar-refractivity contribution in [1.82, 2.24) is 15.5 Å². The molecule has 248 valence electrons. The molecule has 1 unspecified atom stereocenters. The summed E-state index contributed by atoms with van der Waals surface area (Å²) >= 11 is 0. The minimum atomic E-state index is -0.815. The summed E-state index contributed by atoms with van der Waals surface area (Å²) in [5, 5.41) is 5.94. The van der Waals surface area contributed by atoms with E-state index in [2.05, 4.69) is 29.7 Å². The Morgan fingerprint density at radius 2 is 1.47 bits per heavy atom. The summed E-state index contributed by atoms with van der Waals surface area (Å²) in [4.78, 5) is 40.0. The van der Waals surface area contributed by atoms with Crippen LogP contribution < -0.4 is 10.6 Å². The number of rotatable bonds is 21. The largest absolute Gasteiger partial charge is 0.354 e. The maximum absolute atomic E-state index is 12.9. The maximum atomic E-state index is 12.9. The normalized spacial score (nSPS) is 21.3. The van der Waals surface area contributed by atoms with E-state index in [0.29, 0.717) is 26.1 Å². The molecule has 0 aromatic rings. The van der Waals surface area contributed by atoms with Gasteiger partial charge in [0.25, 0.3) is 0 Å². The standard InChI is InChI=1S/C35H63N3O5/c1-6-7-8-9-10-11-12-13-14-15-16-17-18-19-20-23-30(39)37-27-29-22-21-26-38(29)31(40)24-25-36-33(41)32-34(2,3)28-42-35(4,5)43-32/h13-14,29,32H,6-12,15-28H2,1-5H3,(H,36,41)(H,37,39)/t29-,32?/m0/s1. The van der Waals surface area contributed by atoms with Crippen LogP contribution in [-0.2, 0) is 23.9 Å². The molecule has 3 amide bonds. The number of amides is 3. The average Bonchev–Trinajstić information content (AvgIpc) is 3.44. The molecule has 8 heteroatoms. The molecule has 2 fully saturated rings. The SMILES string of the molecule is CCCCCCCCC=CCCCCCCCC(=O)NC[C@@H]1CCCN1C(=O)CCNC(=O)C1OC(C)(C)OCC1(C)C. The molecule has 0 bridgehead atoms. The second-order valence-corrected chi connectivity index (χ2v) is 13.7. The van der Waals surface area contributed by atoms with Gasteiger partial charge in [-0.05, 0) is 58.8 Å². The second-order valence-electron chi connectivity index (χ2n) is 13.7. The highest BCUT2D eigenvalue weighted by Gasteiger charge is 2.45. The average molecular weight is 606 g/mol. The Bertz CT molecular complexity index is 856. The van der Waals surface area contributed by atoms with E-state index in [1.54, 1.807) is 13.8 Å². The number of carbonyl (C=O) groups is 3. The van der Waals surface area contributed by atoms with Crippen molar-refractivity contribution < 1.29 is 23.9 Å². The molecule has 2 aliphatic heterocycles. The zero-order chi connectivity index (χ0) is 31.6. The fraction of sp³-hybridized carbons (Fsp3) is 0.857. The lowest BCUT2D eigenvalue weighted by molar-refractivity contribution is -0.304. The monoisotopic (exact) mass is 605 g/mol. The van der Waals surface area contributed by atoms with E-state index >= 15 is 0 Å². The van der Waals surface area contributed by atoms with Gasteiger partial charge in [-0.2, -0.15) is 0 Å². The first-order valence-corrected chi connectivity index (χ1v) is 17.4. The number of nitrogens with zero attached hydrogens (tertiary/aromatic N) is 1. The predicted molar refractivity (Wildman–Crippen MR) is 174 cm³/mol. The first-order chi connectivity index (χ1) is 20.6. The van der Waals surface area contributed by atoms with Crippen molar-refractivity contribution in [2.45, 2.75) is 162 Å². The van der Waals surface area contributed by atoms with Crippen LogP contribution in [0, 0.1) is 5.41 Å². The Balaban J connectivity index is 1.51. The van der Waals surface area contributed by atoms with E-state index in [9.17, 15) is 14.4 Å². The number of allylic oxidation sites excluding steroid dienone is 2. The van der Waals surface area contributed by atoms with Crippen LogP contribution in [0.15, 0.2) is 12.2 Å². The van der Waals surface area contributed by atoms with Crippen LogP contribution in [0.25, 0.3) is 0 Å². The number of hydrogen-bond donors (Lipinski definition) is 2. The molecule has 0 radical (unpaired) electrons. The summed E-state index contributed by atoms with van der Waals surface area (Å²) in [7, 11) is 0. The smallest absolute Gasteiger partial charge is 0.249 e. The van der Waals surface area contributed by atoms with E-state index in [4.69, 9.17) is 9.47 Å². The van der Waals surface area contributed by atoms with Gasteiger partial charge in [-0.3, -0.25) is 14.4 Å². The number of likely N-dealkylation sites (tertiary alicyclic amines) is 1. The summed E-state index contributed by atoms with van der Waals surface area (Å²) in [6.45, 7) is 11.6. The van der Waals surface area contributed by atoms with E-state index in [1.165, 1.54) is 70.6 Å². The molecule has 2 rings (SSSR count). The van der Waals surface area contributed by atoms with Gasteiger partial charge in [0.2, 0.25) is 17.7 Å². The number of carbonyl (C=O) groups excluding carboxylic acids is 3. The van der Waals surface area contributed by atoms with Gasteiger partial charge in [-0.25, -0.2) is 0 Å². The topological polar surface area (TPSA) is 97.0 Å². The fourth-order valence-corrected chi connectivity index (χ4v) is 5.90. The van der Waals surface area contributed by atoms with E-state index < -0.39 is 17.3 Å². The van der Waals surface area contributed by atoms with Gasteiger partial charge >= 0.3 is 0 Å². The number of unbranched alkanes of at least 4 members (excludes halogenated alkanes) is 11. The summed E-state index contributed by atoms with van der Waals surface area (Å²) in [6.07, 6.45) is 22.8. The Hall–Kier alpha value is -1.93. The first kappa shape index (κ1) is 37.3. The number of ether oxygens (including phenoxy) is 2. The van der Waals surface area contributed by atoms with Gasteiger partial charge in [0.1, 0.15) is 6.10 Å². The fourth-order valence-electron chi connectivity index (χ4n) is 5.90. The van der Waals surface area contributed by atoms with Crippen LogP contribution in [0.1, 0.15) is 144 Å². The minimum Gasteiger partial charge on any atom is -0.354 e. The summed E-state index contributed by atoms with van der Waals surface area (Å²) in [6, 6.07) is 0.0276. The molecule has 0 aliphatic carbocycles. The van der Waals surface area contributed by atoms with Crippen molar-refractivity contribution in [1.29, 1.82) is 0 Å². The molecule has 2 heterocycles. The Labute approximate surface area is 262 Å². The third-order valence-electron chi connectivity index (χ3n) is 8.68. The van der Waals surface area contributed by atoms with Crippen molar-refractivity contribution >= 4 is 17.7 Å². The van der Waals surface area contributed by atoms with E-state index in [-0.39, 0.29) is 36.7 Å². The van der Waals surface area contributed by atoms with Crippen molar-refractivity contribution in [3.8, 4) is 0 Å². The minimum absolute atomic E-state index is 0.0155. The van der Waals surface area contributed by atoms with Crippen LogP contribution >= 0.6 is 0 Å². The number of hydrogen-bond acceptors (Lipinski definition) is 5. The quantitative estimate of drug-likeness (QED) is 0.111. The van der Waals surface area contributed by atoms with Crippen LogP contribution in [0.2, 0.25) is 0 Å². The predicted octanol–water partition coefficient (Wildman–Crippen LogP) is 6.82. The zero-order valence-electron chi connectivity index (χ0n) is 28.1. The van der Waals surface area contributed by atoms with Crippen LogP contribution in [-0.4, -0.2) is 66.8 Å². The molecular weight excluding hydrogens is 542 g/mol. The second kappa shape index (κ2) is 20.2. The highest BCUT2D eigenvalue weighted by molar-refractivity contribution is 5.83. The summed E-state index contributed by atoms with van der Waals surface area (Å²) < 4.78 is 11.6. The maximum Gasteiger partial charge on any atom is 0.249 e. The first-order valence-electron chi connectivity index (χ1n) is 17.4. The Morgan fingerprint density at radius 1 is 0.837 bits per heavy atom. The molecule has 8 nitrogen and oxygen atoms in total.